The lowest BCUT2D eigenvalue weighted by atomic mass is 9.78. The lowest BCUT2D eigenvalue weighted by Crippen LogP contribution is -2.47. The van der Waals surface area contributed by atoms with Gasteiger partial charge in [-0.1, -0.05) is 26.7 Å². The summed E-state index contributed by atoms with van der Waals surface area (Å²) < 4.78 is 7.44. The topological polar surface area (TPSA) is 79.6 Å². The van der Waals surface area contributed by atoms with E-state index in [1.165, 1.54) is 25.7 Å². The summed E-state index contributed by atoms with van der Waals surface area (Å²) in [5.74, 6) is 3.45. The molecule has 0 amide bonds. The summed E-state index contributed by atoms with van der Waals surface area (Å²) in [6.07, 6.45) is 5.45. The van der Waals surface area contributed by atoms with Crippen LogP contribution in [0.2, 0.25) is 0 Å². The summed E-state index contributed by atoms with van der Waals surface area (Å²) in [6.45, 7) is 13.7. The fraction of sp³-hybridized carbons (Fsp3) is 0.857. The summed E-state index contributed by atoms with van der Waals surface area (Å²) in [5.41, 5.74) is 0.268. The molecule has 30 heavy (non-hydrogen) atoms. The van der Waals surface area contributed by atoms with Crippen LogP contribution in [-0.4, -0.2) is 71.6 Å². The monoisotopic (exact) mass is 533 g/mol. The molecule has 0 unspecified atom stereocenters. The highest BCUT2D eigenvalue weighted by Crippen LogP contribution is 2.38. The summed E-state index contributed by atoms with van der Waals surface area (Å²) in [7, 11) is 1.99. The second-order valence-corrected chi connectivity index (χ2v) is 9.09. The normalized spacial score (nSPS) is 19.0. The molecule has 2 heterocycles. The lowest BCUT2D eigenvalue weighted by molar-refractivity contribution is 0.0389. The van der Waals surface area contributed by atoms with Gasteiger partial charge in [0.15, 0.2) is 11.8 Å². The van der Waals surface area contributed by atoms with Crippen molar-refractivity contribution in [1.82, 2.24) is 30.3 Å². The highest BCUT2D eigenvalue weighted by molar-refractivity contribution is 14.0. The molecule has 172 valence electrons. The standard InChI is InChI=1S/C21H39N7O.HI/c1-17-25-26-19(27(17)4)15-23-20(22-9-10-28-11-13-29-14-12-28)24-16-21(2,3)18-7-5-6-8-18;/h18H,5-16H2,1-4H3,(H2,22,23,24);1H. The highest BCUT2D eigenvalue weighted by Gasteiger charge is 2.31. The maximum atomic E-state index is 5.44. The second-order valence-electron chi connectivity index (χ2n) is 9.09. The first kappa shape index (κ1) is 25.3. The molecule has 2 fully saturated rings. The van der Waals surface area contributed by atoms with Crippen molar-refractivity contribution in [2.45, 2.75) is 53.0 Å². The van der Waals surface area contributed by atoms with Crippen molar-refractivity contribution in [2.75, 3.05) is 45.9 Å². The predicted molar refractivity (Wildman–Crippen MR) is 131 cm³/mol. The zero-order valence-electron chi connectivity index (χ0n) is 19.1. The minimum atomic E-state index is 0. The van der Waals surface area contributed by atoms with Gasteiger partial charge in [0.25, 0.3) is 0 Å². The summed E-state index contributed by atoms with van der Waals surface area (Å²) in [6, 6.07) is 0. The van der Waals surface area contributed by atoms with E-state index >= 15 is 0 Å². The fourth-order valence-electron chi connectivity index (χ4n) is 4.23. The number of ether oxygens (including phenoxy) is 1. The molecule has 1 saturated carbocycles. The van der Waals surface area contributed by atoms with Gasteiger partial charge in [-0.15, -0.1) is 34.2 Å². The van der Waals surface area contributed by atoms with Gasteiger partial charge in [0.05, 0.1) is 13.2 Å². The number of nitrogens with one attached hydrogen (secondary N) is 2. The number of hydrogen-bond donors (Lipinski definition) is 2. The van der Waals surface area contributed by atoms with E-state index in [1.807, 2.05) is 18.5 Å². The largest absolute Gasteiger partial charge is 0.379 e. The Morgan fingerprint density at radius 3 is 2.50 bits per heavy atom. The quantitative estimate of drug-likeness (QED) is 0.304. The fourth-order valence-corrected chi connectivity index (χ4v) is 4.23. The van der Waals surface area contributed by atoms with Gasteiger partial charge in [-0.2, -0.15) is 0 Å². The van der Waals surface area contributed by atoms with E-state index in [1.54, 1.807) is 0 Å². The zero-order valence-corrected chi connectivity index (χ0v) is 21.4. The molecule has 0 atom stereocenters. The molecule has 1 aromatic rings. The van der Waals surface area contributed by atoms with Crippen LogP contribution in [0, 0.1) is 18.3 Å². The summed E-state index contributed by atoms with van der Waals surface area (Å²) in [5, 5.41) is 15.5. The molecule has 0 aromatic carbocycles. The molecule has 2 aliphatic rings. The Morgan fingerprint density at radius 2 is 1.87 bits per heavy atom. The highest BCUT2D eigenvalue weighted by atomic mass is 127. The number of aliphatic imine (C=N–C) groups is 1. The summed E-state index contributed by atoms with van der Waals surface area (Å²) in [4.78, 5) is 7.24. The van der Waals surface area contributed by atoms with Crippen LogP contribution >= 0.6 is 24.0 Å². The molecule has 3 rings (SSSR count). The number of aryl methyl sites for hydroxylation is 1. The van der Waals surface area contributed by atoms with Crippen molar-refractivity contribution in [2.24, 2.45) is 23.4 Å². The van der Waals surface area contributed by atoms with Crippen LogP contribution in [0.25, 0.3) is 0 Å². The number of halogens is 1. The zero-order chi connectivity index (χ0) is 20.7. The average Bonchev–Trinajstić information content (AvgIpc) is 3.37. The molecule has 1 aliphatic heterocycles. The minimum Gasteiger partial charge on any atom is -0.379 e. The Kier molecular flexibility index (Phi) is 10.3. The van der Waals surface area contributed by atoms with E-state index in [0.717, 1.165) is 69.5 Å². The van der Waals surface area contributed by atoms with Crippen molar-refractivity contribution in [1.29, 1.82) is 0 Å². The first-order valence-corrected chi connectivity index (χ1v) is 11.1. The lowest BCUT2D eigenvalue weighted by Gasteiger charge is -2.32. The number of morpholine rings is 1. The number of rotatable bonds is 8. The van der Waals surface area contributed by atoms with Crippen LogP contribution in [0.3, 0.4) is 0 Å². The van der Waals surface area contributed by atoms with E-state index in [-0.39, 0.29) is 29.4 Å². The molecular formula is C21H40IN7O. The Labute approximate surface area is 198 Å². The van der Waals surface area contributed by atoms with Gasteiger partial charge >= 0.3 is 0 Å². The van der Waals surface area contributed by atoms with Crippen LogP contribution in [-0.2, 0) is 18.3 Å². The minimum absolute atomic E-state index is 0. The van der Waals surface area contributed by atoms with Crippen molar-refractivity contribution in [3.8, 4) is 0 Å². The van der Waals surface area contributed by atoms with Gasteiger partial charge in [-0.25, -0.2) is 4.99 Å². The van der Waals surface area contributed by atoms with E-state index in [4.69, 9.17) is 9.73 Å². The van der Waals surface area contributed by atoms with Gasteiger partial charge in [0.1, 0.15) is 12.4 Å². The molecule has 0 bridgehead atoms. The molecule has 1 saturated heterocycles. The molecule has 0 radical (unpaired) electrons. The number of guanidine groups is 1. The molecule has 2 N–H and O–H groups in total. The first-order chi connectivity index (χ1) is 14.0. The number of aromatic nitrogens is 3. The maximum Gasteiger partial charge on any atom is 0.191 e. The molecule has 1 aliphatic carbocycles. The smallest absolute Gasteiger partial charge is 0.191 e. The SMILES string of the molecule is Cc1nnc(CN=C(NCCN2CCOCC2)NCC(C)(C)C2CCCC2)n1C.I. The molecule has 1 aromatic heterocycles. The Hall–Kier alpha value is -0.940. The third-order valence-corrected chi connectivity index (χ3v) is 6.56. The Balaban J connectivity index is 0.00000320. The number of nitrogens with zero attached hydrogens (tertiary/aromatic N) is 5. The van der Waals surface area contributed by atoms with Crippen LogP contribution in [0.5, 0.6) is 0 Å². The third-order valence-electron chi connectivity index (χ3n) is 6.56. The summed E-state index contributed by atoms with van der Waals surface area (Å²) >= 11 is 0. The van der Waals surface area contributed by atoms with Gasteiger partial charge in [0, 0.05) is 39.8 Å². The van der Waals surface area contributed by atoms with Gasteiger partial charge in [-0.05, 0) is 31.1 Å². The van der Waals surface area contributed by atoms with E-state index in [2.05, 4.69) is 39.6 Å². The van der Waals surface area contributed by atoms with Crippen LogP contribution in [0.15, 0.2) is 4.99 Å². The van der Waals surface area contributed by atoms with E-state index in [0.29, 0.717) is 6.54 Å². The van der Waals surface area contributed by atoms with Crippen molar-refractivity contribution >= 4 is 29.9 Å². The average molecular weight is 534 g/mol. The molecule has 0 spiro atoms. The van der Waals surface area contributed by atoms with E-state index in [9.17, 15) is 0 Å². The molecular weight excluding hydrogens is 493 g/mol. The van der Waals surface area contributed by atoms with Crippen molar-refractivity contribution < 1.29 is 4.74 Å². The maximum absolute atomic E-state index is 5.44. The van der Waals surface area contributed by atoms with Crippen molar-refractivity contribution in [3.05, 3.63) is 11.6 Å². The van der Waals surface area contributed by atoms with E-state index < -0.39 is 0 Å². The van der Waals surface area contributed by atoms with Crippen molar-refractivity contribution in [3.63, 3.8) is 0 Å². The predicted octanol–water partition coefficient (Wildman–Crippen LogP) is 2.33. The first-order valence-electron chi connectivity index (χ1n) is 11.1. The second kappa shape index (κ2) is 12.2. The van der Waals surface area contributed by atoms with Crippen LogP contribution < -0.4 is 10.6 Å². The third kappa shape index (κ3) is 7.33. The van der Waals surface area contributed by atoms with Gasteiger partial charge in [0.2, 0.25) is 0 Å². The molecule has 9 heteroatoms. The van der Waals surface area contributed by atoms with Crippen LogP contribution in [0.4, 0.5) is 0 Å². The Morgan fingerprint density at radius 1 is 1.17 bits per heavy atom. The van der Waals surface area contributed by atoms with Crippen LogP contribution in [0.1, 0.15) is 51.2 Å². The molecule has 8 nitrogen and oxygen atoms in total. The van der Waals surface area contributed by atoms with Gasteiger partial charge < -0.3 is 19.9 Å². The Bertz CT molecular complexity index is 664. The van der Waals surface area contributed by atoms with Gasteiger partial charge in [-0.3, -0.25) is 4.90 Å². The number of hydrogen-bond acceptors (Lipinski definition) is 5.